The molecule has 0 aliphatic rings. The molecule has 1 aromatic rings. The number of benzene rings is 1. The summed E-state index contributed by atoms with van der Waals surface area (Å²) in [6, 6.07) is 2.41. The van der Waals surface area contributed by atoms with Crippen molar-refractivity contribution in [3.8, 4) is 0 Å². The molecule has 0 atom stereocenters. The molecule has 0 heterocycles. The van der Waals surface area contributed by atoms with Gasteiger partial charge in [0.05, 0.1) is 5.56 Å². The molecule has 0 unspecified atom stereocenters. The number of nitrogens with two attached hydrogens (primary N) is 1. The molecule has 17 heavy (non-hydrogen) atoms. The highest BCUT2D eigenvalue weighted by atomic mass is 35.5. The number of amides is 1. The van der Waals surface area contributed by atoms with Crippen LogP contribution in [0.2, 0.25) is 5.02 Å². The number of carbonyl (C=O) groups excluding carboxylic acids is 1. The second-order valence-corrected chi connectivity index (χ2v) is 6.28. The van der Waals surface area contributed by atoms with E-state index >= 15 is 0 Å². The summed E-state index contributed by atoms with van der Waals surface area (Å²) in [5.41, 5.74) is 5.30. The van der Waals surface area contributed by atoms with Gasteiger partial charge in [0.2, 0.25) is 0 Å². The molecule has 0 fully saturated rings. The minimum Gasteiger partial charge on any atom is -0.366 e. The van der Waals surface area contributed by atoms with Crippen molar-refractivity contribution >= 4 is 27.3 Å². The Morgan fingerprint density at radius 2 is 1.76 bits per heavy atom. The van der Waals surface area contributed by atoms with Gasteiger partial charge in [0.15, 0.2) is 0 Å². The van der Waals surface area contributed by atoms with Crippen LogP contribution in [-0.2, 0) is 9.84 Å². The summed E-state index contributed by atoms with van der Waals surface area (Å²) < 4.78 is 32.2. The molecule has 0 aromatic heterocycles. The summed E-state index contributed by atoms with van der Waals surface area (Å²) >= 11 is 5.66. The zero-order chi connectivity index (χ0) is 13.8. The van der Waals surface area contributed by atoms with Crippen LogP contribution in [0.3, 0.4) is 0 Å². The molecule has 7 heteroatoms. The van der Waals surface area contributed by atoms with Crippen LogP contribution in [-0.4, -0.2) is 26.8 Å². The third kappa shape index (κ3) is 6.91. The van der Waals surface area contributed by atoms with Gasteiger partial charge in [0.1, 0.15) is 15.7 Å². The second-order valence-electron chi connectivity index (χ2n) is 3.59. The molecule has 4 nitrogen and oxygen atoms in total. The van der Waals surface area contributed by atoms with Gasteiger partial charge in [-0.1, -0.05) is 11.6 Å². The Kier molecular flexibility index (Phi) is 5.57. The maximum absolute atomic E-state index is 12.9. The predicted octanol–water partition coefficient (Wildman–Crippen LogP) is 1.55. The van der Waals surface area contributed by atoms with Crippen molar-refractivity contribution in [2.45, 2.75) is 6.92 Å². The van der Waals surface area contributed by atoms with Crippen LogP contribution in [0.25, 0.3) is 0 Å². The van der Waals surface area contributed by atoms with Crippen LogP contribution in [0, 0.1) is 12.7 Å². The number of primary amides is 1. The van der Waals surface area contributed by atoms with Gasteiger partial charge in [-0.05, 0) is 24.6 Å². The minimum absolute atomic E-state index is 0.175. The van der Waals surface area contributed by atoms with Gasteiger partial charge in [0, 0.05) is 17.5 Å². The third-order valence-corrected chi connectivity index (χ3v) is 1.92. The predicted molar refractivity (Wildman–Crippen MR) is 65.4 cm³/mol. The molecule has 1 aromatic carbocycles. The fourth-order valence-electron chi connectivity index (χ4n) is 0.835. The van der Waals surface area contributed by atoms with E-state index in [1.165, 1.54) is 12.1 Å². The molecule has 96 valence electrons. The van der Waals surface area contributed by atoms with Crippen molar-refractivity contribution in [2.75, 3.05) is 12.5 Å². The highest BCUT2D eigenvalue weighted by molar-refractivity contribution is 7.89. The first-order valence-corrected chi connectivity index (χ1v) is 7.10. The normalized spacial score (nSPS) is 10.4. The summed E-state index contributed by atoms with van der Waals surface area (Å²) in [7, 11) is -2.67. The van der Waals surface area contributed by atoms with Crippen molar-refractivity contribution in [1.29, 1.82) is 0 Å². The van der Waals surface area contributed by atoms with Crippen molar-refractivity contribution < 1.29 is 17.6 Å². The number of aryl methyl sites for hydroxylation is 1. The molecule has 2 N–H and O–H groups in total. The lowest BCUT2D eigenvalue weighted by molar-refractivity contribution is 0.0996. The summed E-state index contributed by atoms with van der Waals surface area (Å²) in [5, 5.41) is 0.338. The fraction of sp³-hybridized carbons (Fsp3) is 0.300. The van der Waals surface area contributed by atoms with Crippen LogP contribution in [0.1, 0.15) is 15.9 Å². The molecular formula is C10H13ClFNO3S. The average molecular weight is 282 g/mol. The molecule has 0 radical (unpaired) electrons. The van der Waals surface area contributed by atoms with Crippen LogP contribution in [0.4, 0.5) is 4.39 Å². The van der Waals surface area contributed by atoms with E-state index in [1.54, 1.807) is 6.92 Å². The molecule has 0 aliphatic heterocycles. The number of halogens is 2. The lowest BCUT2D eigenvalue weighted by Gasteiger charge is -2.01. The van der Waals surface area contributed by atoms with E-state index in [-0.39, 0.29) is 5.56 Å². The SMILES string of the molecule is CS(C)(=O)=O.Cc1cc(F)c(C(N)=O)cc1Cl. The Hall–Kier alpha value is -1.14. The summed E-state index contributed by atoms with van der Waals surface area (Å²) in [6.07, 6.45) is 2.32. The van der Waals surface area contributed by atoms with Gasteiger partial charge >= 0.3 is 0 Å². The van der Waals surface area contributed by atoms with E-state index in [9.17, 15) is 17.6 Å². The lowest BCUT2D eigenvalue weighted by Crippen LogP contribution is -2.13. The number of hydrogen-bond donors (Lipinski definition) is 1. The van der Waals surface area contributed by atoms with E-state index in [1.807, 2.05) is 0 Å². The number of hydrogen-bond acceptors (Lipinski definition) is 3. The molecule has 0 spiro atoms. The van der Waals surface area contributed by atoms with Crippen LogP contribution in [0.15, 0.2) is 12.1 Å². The zero-order valence-electron chi connectivity index (χ0n) is 9.62. The van der Waals surface area contributed by atoms with E-state index in [0.29, 0.717) is 10.6 Å². The second kappa shape index (κ2) is 5.97. The highest BCUT2D eigenvalue weighted by Gasteiger charge is 2.10. The summed E-state index contributed by atoms with van der Waals surface area (Å²) in [4.78, 5) is 10.6. The van der Waals surface area contributed by atoms with Crippen LogP contribution < -0.4 is 5.73 Å². The number of rotatable bonds is 1. The van der Waals surface area contributed by atoms with E-state index in [0.717, 1.165) is 12.5 Å². The van der Waals surface area contributed by atoms with E-state index < -0.39 is 21.6 Å². The topological polar surface area (TPSA) is 77.2 Å². The molecular weight excluding hydrogens is 269 g/mol. The van der Waals surface area contributed by atoms with E-state index in [2.05, 4.69) is 0 Å². The average Bonchev–Trinajstić information content (AvgIpc) is 2.07. The quantitative estimate of drug-likeness (QED) is 0.848. The molecule has 0 bridgehead atoms. The maximum atomic E-state index is 12.9. The van der Waals surface area contributed by atoms with Gasteiger partial charge in [-0.15, -0.1) is 0 Å². The Balaban J connectivity index is 0.000000437. The van der Waals surface area contributed by atoms with Crippen LogP contribution in [0.5, 0.6) is 0 Å². The Morgan fingerprint density at radius 3 is 2.12 bits per heavy atom. The molecule has 0 aliphatic carbocycles. The maximum Gasteiger partial charge on any atom is 0.251 e. The van der Waals surface area contributed by atoms with E-state index in [4.69, 9.17) is 17.3 Å². The Labute approximate surface area is 104 Å². The first kappa shape index (κ1) is 15.9. The monoisotopic (exact) mass is 281 g/mol. The zero-order valence-corrected chi connectivity index (χ0v) is 11.2. The van der Waals surface area contributed by atoms with Crippen molar-refractivity contribution in [3.05, 3.63) is 34.1 Å². The standard InChI is InChI=1S/C8H7ClFNO.C2H6O2S/c1-4-2-7(10)5(8(11)12)3-6(4)9;1-5(2,3)4/h2-3H,1H3,(H2,11,12);1-2H3. The van der Waals surface area contributed by atoms with Gasteiger partial charge < -0.3 is 5.73 Å². The molecule has 0 saturated carbocycles. The number of sulfone groups is 1. The Morgan fingerprint density at radius 1 is 1.35 bits per heavy atom. The lowest BCUT2D eigenvalue weighted by atomic mass is 10.1. The van der Waals surface area contributed by atoms with Crippen molar-refractivity contribution in [2.24, 2.45) is 5.73 Å². The molecule has 1 amide bonds. The largest absolute Gasteiger partial charge is 0.366 e. The summed E-state index contributed by atoms with van der Waals surface area (Å²) in [6.45, 7) is 1.65. The number of carbonyl (C=O) groups is 1. The van der Waals surface area contributed by atoms with Crippen LogP contribution >= 0.6 is 11.6 Å². The summed E-state index contributed by atoms with van der Waals surface area (Å²) in [5.74, 6) is -1.45. The van der Waals surface area contributed by atoms with Gasteiger partial charge in [-0.25, -0.2) is 12.8 Å². The fourth-order valence-corrected chi connectivity index (χ4v) is 0.999. The highest BCUT2D eigenvalue weighted by Crippen LogP contribution is 2.19. The van der Waals surface area contributed by atoms with Crippen molar-refractivity contribution in [3.63, 3.8) is 0 Å². The van der Waals surface area contributed by atoms with Gasteiger partial charge in [-0.2, -0.15) is 0 Å². The first-order valence-electron chi connectivity index (χ1n) is 4.43. The van der Waals surface area contributed by atoms with Crippen molar-refractivity contribution in [1.82, 2.24) is 0 Å². The van der Waals surface area contributed by atoms with Gasteiger partial charge in [0.25, 0.3) is 5.91 Å². The smallest absolute Gasteiger partial charge is 0.251 e. The van der Waals surface area contributed by atoms with Gasteiger partial charge in [-0.3, -0.25) is 4.79 Å². The molecule has 1 rings (SSSR count). The molecule has 0 saturated heterocycles. The minimum atomic E-state index is -2.67. The third-order valence-electron chi connectivity index (χ3n) is 1.51. The Bertz CT molecular complexity index is 521. The first-order chi connectivity index (χ1) is 7.52.